The molecule has 0 amide bonds. The van der Waals surface area contributed by atoms with Gasteiger partial charge in [-0.3, -0.25) is 0 Å². The second kappa shape index (κ2) is 5.09. The molecule has 0 bridgehead atoms. The summed E-state index contributed by atoms with van der Waals surface area (Å²) in [6.07, 6.45) is 0. The van der Waals surface area contributed by atoms with E-state index in [4.69, 9.17) is 9.47 Å². The maximum atomic E-state index is 11.1. The molecule has 2 heterocycles. The Bertz CT molecular complexity index is 538. The molecule has 0 spiro atoms. The number of fused-ring (bicyclic) bond motifs is 1. The van der Waals surface area contributed by atoms with Crippen LogP contribution < -0.4 is 4.74 Å². The van der Waals surface area contributed by atoms with E-state index in [9.17, 15) is 4.79 Å². The van der Waals surface area contributed by atoms with Crippen molar-refractivity contribution in [1.29, 1.82) is 0 Å². The molecule has 6 heteroatoms. The number of pyridine rings is 1. The van der Waals surface area contributed by atoms with E-state index >= 15 is 0 Å². The van der Waals surface area contributed by atoms with Gasteiger partial charge in [0.05, 0.1) is 11.6 Å². The van der Waals surface area contributed by atoms with Crippen LogP contribution in [-0.2, 0) is 9.53 Å². The van der Waals surface area contributed by atoms with Gasteiger partial charge < -0.3 is 9.47 Å². The molecule has 2 aromatic heterocycles. The Morgan fingerprint density at radius 1 is 1.41 bits per heavy atom. The van der Waals surface area contributed by atoms with Crippen LogP contribution in [0.25, 0.3) is 10.3 Å². The van der Waals surface area contributed by atoms with Gasteiger partial charge in [0.15, 0.2) is 6.61 Å². The van der Waals surface area contributed by atoms with Crippen LogP contribution in [0, 0.1) is 6.92 Å². The van der Waals surface area contributed by atoms with Gasteiger partial charge >= 0.3 is 5.97 Å². The summed E-state index contributed by atoms with van der Waals surface area (Å²) in [6.45, 7) is 3.90. The van der Waals surface area contributed by atoms with E-state index in [2.05, 4.69) is 9.97 Å². The second-order valence-corrected chi connectivity index (χ2v) is 4.48. The number of esters is 1. The second-order valence-electron chi connectivity index (χ2n) is 3.30. The predicted molar refractivity (Wildman–Crippen MR) is 64.3 cm³/mol. The first-order valence-electron chi connectivity index (χ1n) is 5.21. The van der Waals surface area contributed by atoms with Crippen molar-refractivity contribution in [3.63, 3.8) is 0 Å². The van der Waals surface area contributed by atoms with Crippen molar-refractivity contribution >= 4 is 27.7 Å². The molecule has 2 aromatic rings. The Morgan fingerprint density at radius 3 is 3.00 bits per heavy atom. The molecule has 0 saturated carbocycles. The maximum absolute atomic E-state index is 11.1. The maximum Gasteiger partial charge on any atom is 0.344 e. The molecule has 2 rings (SSSR count). The molecule has 0 aliphatic heterocycles. The van der Waals surface area contributed by atoms with Gasteiger partial charge in [-0.25, -0.2) is 14.8 Å². The molecule has 0 N–H and O–H groups in total. The third-order valence-corrected chi connectivity index (χ3v) is 2.86. The SMILES string of the molecule is CCOC(=O)COc1ccc2nc(C)sc2n1. The lowest BCUT2D eigenvalue weighted by molar-refractivity contribution is -0.145. The first kappa shape index (κ1) is 11.8. The molecule has 0 unspecified atom stereocenters. The van der Waals surface area contributed by atoms with Crippen molar-refractivity contribution in [2.24, 2.45) is 0 Å². The first-order chi connectivity index (χ1) is 8.19. The average molecular weight is 252 g/mol. The van der Waals surface area contributed by atoms with Crippen LogP contribution in [0.4, 0.5) is 0 Å². The van der Waals surface area contributed by atoms with Crippen LogP contribution in [0.2, 0.25) is 0 Å². The van der Waals surface area contributed by atoms with Crippen molar-refractivity contribution < 1.29 is 14.3 Å². The van der Waals surface area contributed by atoms with Crippen LogP contribution in [0.1, 0.15) is 11.9 Å². The summed E-state index contributed by atoms with van der Waals surface area (Å²) in [4.78, 5) is 20.5. The van der Waals surface area contributed by atoms with Crippen molar-refractivity contribution in [3.05, 3.63) is 17.1 Å². The molecule has 0 saturated heterocycles. The number of aryl methyl sites for hydroxylation is 1. The predicted octanol–water partition coefficient (Wildman–Crippen LogP) is 1.94. The van der Waals surface area contributed by atoms with Crippen molar-refractivity contribution in [3.8, 4) is 5.88 Å². The molecule has 0 aliphatic rings. The minimum Gasteiger partial charge on any atom is -0.466 e. The minimum atomic E-state index is -0.394. The summed E-state index contributed by atoms with van der Waals surface area (Å²) >= 11 is 1.49. The van der Waals surface area contributed by atoms with E-state index in [-0.39, 0.29) is 6.61 Å². The van der Waals surface area contributed by atoms with Gasteiger partial charge in [-0.1, -0.05) is 11.3 Å². The van der Waals surface area contributed by atoms with E-state index < -0.39 is 5.97 Å². The molecule has 0 radical (unpaired) electrons. The normalized spacial score (nSPS) is 10.5. The highest BCUT2D eigenvalue weighted by molar-refractivity contribution is 7.18. The number of hydrogen-bond acceptors (Lipinski definition) is 6. The number of carbonyl (C=O) groups is 1. The Morgan fingerprint density at radius 2 is 2.24 bits per heavy atom. The van der Waals surface area contributed by atoms with Crippen LogP contribution in [0.15, 0.2) is 12.1 Å². The number of carbonyl (C=O) groups excluding carboxylic acids is 1. The van der Waals surface area contributed by atoms with E-state index in [1.807, 2.05) is 13.0 Å². The molecular formula is C11H12N2O3S. The van der Waals surface area contributed by atoms with Gasteiger partial charge in [-0.2, -0.15) is 0 Å². The van der Waals surface area contributed by atoms with Crippen LogP contribution >= 0.6 is 11.3 Å². The standard InChI is InChI=1S/C11H12N2O3S/c1-3-15-10(14)6-16-9-5-4-8-11(13-9)17-7(2)12-8/h4-5H,3,6H2,1-2H3. The summed E-state index contributed by atoms with van der Waals surface area (Å²) in [5.74, 6) is 0.0177. The lowest BCUT2D eigenvalue weighted by Gasteiger charge is -2.04. The van der Waals surface area contributed by atoms with Crippen molar-refractivity contribution in [2.75, 3.05) is 13.2 Å². The fourth-order valence-electron chi connectivity index (χ4n) is 1.32. The Balaban J connectivity index is 2.06. The number of thiazole rings is 1. The van der Waals surface area contributed by atoms with E-state index in [0.29, 0.717) is 12.5 Å². The number of hydrogen-bond donors (Lipinski definition) is 0. The summed E-state index contributed by atoms with van der Waals surface area (Å²) in [5, 5.41) is 0.954. The fourth-order valence-corrected chi connectivity index (χ4v) is 2.10. The highest BCUT2D eigenvalue weighted by atomic mass is 32.1. The molecule has 0 aromatic carbocycles. The molecule has 90 valence electrons. The van der Waals surface area contributed by atoms with Crippen LogP contribution in [0.3, 0.4) is 0 Å². The van der Waals surface area contributed by atoms with Crippen molar-refractivity contribution in [2.45, 2.75) is 13.8 Å². The van der Waals surface area contributed by atoms with E-state index in [0.717, 1.165) is 15.4 Å². The van der Waals surface area contributed by atoms with Gasteiger partial charge in [-0.05, 0) is 19.9 Å². The Kier molecular flexibility index (Phi) is 3.53. The Labute approximate surface area is 102 Å². The molecule has 5 nitrogen and oxygen atoms in total. The molecular weight excluding hydrogens is 240 g/mol. The zero-order valence-corrected chi connectivity index (χ0v) is 10.4. The van der Waals surface area contributed by atoms with Crippen molar-refractivity contribution in [1.82, 2.24) is 9.97 Å². The van der Waals surface area contributed by atoms with Gasteiger partial charge in [0.2, 0.25) is 5.88 Å². The van der Waals surface area contributed by atoms with E-state index in [1.54, 1.807) is 13.0 Å². The van der Waals surface area contributed by atoms with Crippen LogP contribution in [0.5, 0.6) is 5.88 Å². The zero-order valence-electron chi connectivity index (χ0n) is 9.60. The fraction of sp³-hybridized carbons (Fsp3) is 0.364. The van der Waals surface area contributed by atoms with Gasteiger partial charge in [0.25, 0.3) is 0 Å². The van der Waals surface area contributed by atoms with E-state index in [1.165, 1.54) is 11.3 Å². The topological polar surface area (TPSA) is 61.3 Å². The minimum absolute atomic E-state index is 0.121. The summed E-state index contributed by atoms with van der Waals surface area (Å²) < 4.78 is 9.98. The number of nitrogens with zero attached hydrogens (tertiary/aromatic N) is 2. The molecule has 0 atom stereocenters. The highest BCUT2D eigenvalue weighted by Crippen LogP contribution is 2.21. The third kappa shape index (κ3) is 2.91. The van der Waals surface area contributed by atoms with Gasteiger partial charge in [0, 0.05) is 6.07 Å². The molecule has 0 fully saturated rings. The smallest absolute Gasteiger partial charge is 0.344 e. The average Bonchev–Trinajstić information content (AvgIpc) is 2.66. The monoisotopic (exact) mass is 252 g/mol. The highest BCUT2D eigenvalue weighted by Gasteiger charge is 2.06. The van der Waals surface area contributed by atoms with Crippen LogP contribution in [-0.4, -0.2) is 29.2 Å². The summed E-state index contributed by atoms with van der Waals surface area (Å²) in [7, 11) is 0. The van der Waals surface area contributed by atoms with Gasteiger partial charge in [-0.15, -0.1) is 0 Å². The zero-order chi connectivity index (χ0) is 12.3. The summed E-state index contributed by atoms with van der Waals surface area (Å²) in [5.41, 5.74) is 0.844. The lowest BCUT2D eigenvalue weighted by Crippen LogP contribution is -2.14. The number of ether oxygens (including phenoxy) is 2. The number of aromatic nitrogens is 2. The first-order valence-corrected chi connectivity index (χ1v) is 6.03. The lowest BCUT2D eigenvalue weighted by atomic mass is 10.4. The van der Waals surface area contributed by atoms with Gasteiger partial charge in [0.1, 0.15) is 10.3 Å². The summed E-state index contributed by atoms with van der Waals surface area (Å²) in [6, 6.07) is 3.52. The third-order valence-electron chi connectivity index (χ3n) is 1.98. The largest absolute Gasteiger partial charge is 0.466 e. The Hall–Kier alpha value is -1.69. The molecule has 17 heavy (non-hydrogen) atoms. The number of rotatable bonds is 4. The molecule has 0 aliphatic carbocycles. The quantitative estimate of drug-likeness (QED) is 0.778.